The fourth-order valence-corrected chi connectivity index (χ4v) is 3.68. The van der Waals surface area contributed by atoms with Gasteiger partial charge >= 0.3 is 6.03 Å². The minimum absolute atomic E-state index is 0.387. The number of fused-ring (bicyclic) bond motifs is 1. The minimum Gasteiger partial charge on any atom is -0.494 e. The summed E-state index contributed by atoms with van der Waals surface area (Å²) in [5, 5.41) is 0.683. The molecular weight excluding hydrogens is 362 g/mol. The lowest BCUT2D eigenvalue weighted by atomic mass is 10.1. The molecule has 1 fully saturated rings. The molecule has 0 aliphatic carbocycles. The Bertz CT molecular complexity index is 812. The number of rotatable bonds is 7. The number of furan rings is 1. The first-order chi connectivity index (χ1) is 13.6. The molecule has 2 heterocycles. The maximum Gasteiger partial charge on any atom is 0.319 e. The Hall–Kier alpha value is -2.61. The molecule has 2 N–H and O–H groups in total. The molecule has 8 heteroatoms. The largest absolute Gasteiger partial charge is 0.494 e. The number of likely N-dealkylation sites (tertiary alicyclic amines) is 1. The number of hydrogen-bond acceptors (Lipinski definition) is 6. The third-order valence-corrected chi connectivity index (χ3v) is 5.18. The number of primary amides is 1. The number of hydrogen-bond donors (Lipinski definition) is 1. The maximum atomic E-state index is 11.9. The van der Waals surface area contributed by atoms with Gasteiger partial charge in [-0.05, 0) is 32.0 Å². The van der Waals surface area contributed by atoms with E-state index in [9.17, 15) is 4.79 Å². The molecule has 1 aliphatic rings. The third-order valence-electron chi connectivity index (χ3n) is 5.18. The average Bonchev–Trinajstić information content (AvgIpc) is 3.02. The number of methoxy groups -OCH3 is 2. The standard InChI is InChI=1S/C20H29N3O5/c1-22(20(21)24)15-16(25-2)14-8-12-27-17(14)19(26-3)18(15)28-13-11-23-9-6-4-5-7-10-23/h8,12H,4-7,9-11,13H2,1-3H3,(H2,21,24). The van der Waals surface area contributed by atoms with Crippen molar-refractivity contribution in [2.24, 2.45) is 5.73 Å². The number of ether oxygens (including phenoxy) is 3. The smallest absolute Gasteiger partial charge is 0.319 e. The Kier molecular flexibility index (Phi) is 6.51. The van der Waals surface area contributed by atoms with E-state index in [4.69, 9.17) is 24.4 Å². The Morgan fingerprint density at radius 1 is 1.14 bits per heavy atom. The zero-order valence-electron chi connectivity index (χ0n) is 16.8. The van der Waals surface area contributed by atoms with Gasteiger partial charge in [0.15, 0.2) is 17.1 Å². The van der Waals surface area contributed by atoms with Crippen molar-refractivity contribution in [3.05, 3.63) is 12.3 Å². The van der Waals surface area contributed by atoms with E-state index >= 15 is 0 Å². The topological polar surface area (TPSA) is 90.4 Å². The van der Waals surface area contributed by atoms with Crippen molar-refractivity contribution in [2.75, 3.05) is 52.4 Å². The summed E-state index contributed by atoms with van der Waals surface area (Å²) in [6, 6.07) is 1.14. The van der Waals surface area contributed by atoms with E-state index in [0.29, 0.717) is 40.5 Å². The van der Waals surface area contributed by atoms with Crippen LogP contribution in [0.1, 0.15) is 25.7 Å². The fraction of sp³-hybridized carbons (Fsp3) is 0.550. The molecule has 1 aliphatic heterocycles. The normalized spacial score (nSPS) is 15.2. The molecule has 0 atom stereocenters. The highest BCUT2D eigenvalue weighted by atomic mass is 16.5. The average molecular weight is 391 g/mol. The van der Waals surface area contributed by atoms with Crippen molar-refractivity contribution in [2.45, 2.75) is 25.7 Å². The predicted octanol–water partition coefficient (Wildman–Crippen LogP) is 3.22. The van der Waals surface area contributed by atoms with Gasteiger partial charge in [-0.2, -0.15) is 0 Å². The molecule has 0 saturated carbocycles. The number of anilines is 1. The van der Waals surface area contributed by atoms with E-state index in [0.717, 1.165) is 19.6 Å². The van der Waals surface area contributed by atoms with Gasteiger partial charge in [0.2, 0.25) is 5.75 Å². The van der Waals surface area contributed by atoms with Gasteiger partial charge in [-0.25, -0.2) is 4.79 Å². The molecule has 0 unspecified atom stereocenters. The van der Waals surface area contributed by atoms with E-state index < -0.39 is 6.03 Å². The van der Waals surface area contributed by atoms with Crippen molar-refractivity contribution in [3.63, 3.8) is 0 Å². The van der Waals surface area contributed by atoms with Crippen LogP contribution in [0.5, 0.6) is 17.2 Å². The van der Waals surface area contributed by atoms with Crippen LogP contribution >= 0.6 is 0 Å². The van der Waals surface area contributed by atoms with Gasteiger partial charge in [0.1, 0.15) is 12.3 Å². The van der Waals surface area contributed by atoms with Crippen LogP contribution in [-0.4, -0.2) is 58.4 Å². The maximum absolute atomic E-state index is 11.9. The van der Waals surface area contributed by atoms with Crippen molar-refractivity contribution in [1.29, 1.82) is 0 Å². The highest BCUT2D eigenvalue weighted by Crippen LogP contribution is 2.51. The van der Waals surface area contributed by atoms with Crippen LogP contribution in [0, 0.1) is 0 Å². The summed E-state index contributed by atoms with van der Waals surface area (Å²) in [5.41, 5.74) is 6.47. The summed E-state index contributed by atoms with van der Waals surface area (Å²) >= 11 is 0. The van der Waals surface area contributed by atoms with E-state index in [1.165, 1.54) is 37.7 Å². The van der Waals surface area contributed by atoms with E-state index in [-0.39, 0.29) is 0 Å². The molecule has 2 aromatic rings. The van der Waals surface area contributed by atoms with Crippen LogP contribution in [0.15, 0.2) is 16.7 Å². The van der Waals surface area contributed by atoms with E-state index in [2.05, 4.69) is 4.90 Å². The van der Waals surface area contributed by atoms with Crippen LogP contribution in [-0.2, 0) is 0 Å². The van der Waals surface area contributed by atoms with Crippen molar-refractivity contribution in [1.82, 2.24) is 4.90 Å². The number of benzene rings is 1. The molecule has 0 spiro atoms. The first-order valence-corrected chi connectivity index (χ1v) is 9.62. The Labute approximate surface area is 165 Å². The van der Waals surface area contributed by atoms with Crippen molar-refractivity contribution in [3.8, 4) is 17.2 Å². The van der Waals surface area contributed by atoms with Crippen LogP contribution in [0.25, 0.3) is 11.0 Å². The highest BCUT2D eigenvalue weighted by molar-refractivity contribution is 6.04. The Balaban J connectivity index is 1.95. The molecule has 0 radical (unpaired) electrons. The summed E-state index contributed by atoms with van der Waals surface area (Å²) in [4.78, 5) is 15.6. The van der Waals surface area contributed by atoms with Gasteiger partial charge in [-0.1, -0.05) is 12.8 Å². The molecule has 0 bridgehead atoms. The van der Waals surface area contributed by atoms with Gasteiger partial charge in [-0.15, -0.1) is 0 Å². The fourth-order valence-electron chi connectivity index (χ4n) is 3.68. The molecule has 8 nitrogen and oxygen atoms in total. The SMILES string of the molecule is COc1c(N(C)C(N)=O)c(OCCN2CCCCCC2)c(OC)c2occc12. The molecule has 1 saturated heterocycles. The Morgan fingerprint density at radius 3 is 2.43 bits per heavy atom. The van der Waals surface area contributed by atoms with Gasteiger partial charge in [0.05, 0.1) is 25.9 Å². The van der Waals surface area contributed by atoms with Gasteiger partial charge in [-0.3, -0.25) is 9.80 Å². The van der Waals surface area contributed by atoms with Crippen LogP contribution in [0.4, 0.5) is 10.5 Å². The molecule has 1 aromatic carbocycles. The monoisotopic (exact) mass is 391 g/mol. The summed E-state index contributed by atoms with van der Waals surface area (Å²) in [6.07, 6.45) is 6.54. The predicted molar refractivity (Wildman–Crippen MR) is 108 cm³/mol. The molecule has 28 heavy (non-hydrogen) atoms. The number of nitrogens with zero attached hydrogens (tertiary/aromatic N) is 2. The quantitative estimate of drug-likeness (QED) is 0.779. The van der Waals surface area contributed by atoms with Crippen LogP contribution in [0.3, 0.4) is 0 Å². The van der Waals surface area contributed by atoms with Crippen molar-refractivity contribution < 1.29 is 23.4 Å². The summed E-state index contributed by atoms with van der Waals surface area (Å²) in [5.74, 6) is 1.26. The van der Waals surface area contributed by atoms with Gasteiger partial charge < -0.3 is 24.4 Å². The lowest BCUT2D eigenvalue weighted by Gasteiger charge is -2.25. The number of carbonyl (C=O) groups excluding carboxylic acids is 1. The van der Waals surface area contributed by atoms with Gasteiger partial charge in [0.25, 0.3) is 0 Å². The molecule has 1 aromatic heterocycles. The van der Waals surface area contributed by atoms with E-state index in [1.807, 2.05) is 0 Å². The number of urea groups is 1. The molecule has 154 valence electrons. The van der Waals surface area contributed by atoms with Crippen molar-refractivity contribution >= 4 is 22.7 Å². The zero-order valence-corrected chi connectivity index (χ0v) is 16.8. The summed E-state index contributed by atoms with van der Waals surface area (Å²) < 4.78 is 22.9. The molecule has 2 amide bonds. The second-order valence-corrected chi connectivity index (χ2v) is 6.91. The number of amides is 2. The lowest BCUT2D eigenvalue weighted by molar-refractivity contribution is 0.209. The summed E-state index contributed by atoms with van der Waals surface area (Å²) in [6.45, 7) is 3.40. The van der Waals surface area contributed by atoms with Crippen LogP contribution in [0.2, 0.25) is 0 Å². The molecular formula is C20H29N3O5. The second-order valence-electron chi connectivity index (χ2n) is 6.91. The van der Waals surface area contributed by atoms with E-state index in [1.54, 1.807) is 26.5 Å². The van der Waals surface area contributed by atoms with Crippen LogP contribution < -0.4 is 24.8 Å². The zero-order chi connectivity index (χ0) is 20.1. The first-order valence-electron chi connectivity index (χ1n) is 9.62. The second kappa shape index (κ2) is 9.05. The Morgan fingerprint density at radius 2 is 1.82 bits per heavy atom. The highest BCUT2D eigenvalue weighted by Gasteiger charge is 2.28. The lowest BCUT2D eigenvalue weighted by Crippen LogP contribution is -2.33. The first kappa shape index (κ1) is 20.1. The number of nitrogens with two attached hydrogens (primary N) is 1. The minimum atomic E-state index is -0.624. The third kappa shape index (κ3) is 3.96. The molecule has 3 rings (SSSR count). The van der Waals surface area contributed by atoms with Gasteiger partial charge in [0, 0.05) is 13.6 Å². The number of carbonyl (C=O) groups is 1. The summed E-state index contributed by atoms with van der Waals surface area (Å²) in [7, 11) is 4.65.